The summed E-state index contributed by atoms with van der Waals surface area (Å²) in [5.74, 6) is -0.579. The zero-order valence-electron chi connectivity index (χ0n) is 56.2. The Morgan fingerprint density at radius 1 is 0.541 bits per heavy atom. The molecule has 1 spiro atoms. The van der Waals surface area contributed by atoms with Crippen molar-refractivity contribution in [3.8, 4) is 0 Å². The van der Waals surface area contributed by atoms with Crippen LogP contribution >= 0.6 is 0 Å². The molecule has 33 nitrogen and oxygen atoms in total. The highest BCUT2D eigenvalue weighted by atomic mass is 16.8. The van der Waals surface area contributed by atoms with Gasteiger partial charge in [0.05, 0.1) is 57.5 Å². The van der Waals surface area contributed by atoms with Gasteiger partial charge in [0.15, 0.2) is 49.3 Å². The van der Waals surface area contributed by atoms with Crippen molar-refractivity contribution in [1.82, 2.24) is 0 Å². The third-order valence-electron chi connectivity index (χ3n) is 24.7. The first-order valence-corrected chi connectivity index (χ1v) is 34.3. The lowest BCUT2D eigenvalue weighted by atomic mass is 9.42. The predicted molar refractivity (Wildman–Crippen MR) is 323 cm³/mol. The van der Waals surface area contributed by atoms with E-state index >= 15 is 4.79 Å². The molecule has 18 N–H and O–H groups in total. The second-order valence-electron chi connectivity index (χ2n) is 30.4. The van der Waals surface area contributed by atoms with Crippen molar-refractivity contribution in [2.45, 2.75) is 303 Å². The molecule has 7 heterocycles. The first kappa shape index (κ1) is 77.0. The number of fused-ring (bicyclic) bond motifs is 5. The Kier molecular flexibility index (Phi) is 23.0. The molecule has 0 aromatic rings. The monoisotopic (exact) mass is 1410 g/mol. The molecule has 0 amide bonds. The van der Waals surface area contributed by atoms with Crippen LogP contribution in [0.3, 0.4) is 0 Å². The van der Waals surface area contributed by atoms with Crippen molar-refractivity contribution < 1.29 is 163 Å². The zero-order chi connectivity index (χ0) is 71.5. The summed E-state index contributed by atoms with van der Waals surface area (Å²) in [5.41, 5.74) is -1.60. The molecule has 11 aliphatic rings. The number of allylic oxidation sites excluding steroid dienone is 2. The number of Topliss-reactive ketones (excluding diaryl/α,β-unsaturated/α-hetero) is 2. The van der Waals surface area contributed by atoms with Gasteiger partial charge in [-0.1, -0.05) is 54.0 Å². The van der Waals surface area contributed by atoms with Crippen molar-refractivity contribution in [2.24, 2.45) is 39.4 Å². The molecule has 11 rings (SSSR count). The minimum atomic E-state index is -2.25. The Morgan fingerprint density at radius 3 is 1.67 bits per heavy atom. The average Bonchev–Trinajstić information content (AvgIpc) is 1.44. The number of aliphatic hydroxyl groups is 18. The number of aliphatic hydroxyl groups excluding tert-OH is 18. The Balaban J connectivity index is 0.818. The second kappa shape index (κ2) is 29.3. The summed E-state index contributed by atoms with van der Waals surface area (Å²) in [6.07, 6.45) is -52.8. The molecule has 7 saturated heterocycles. The quantitative estimate of drug-likeness (QED) is 0.0572. The number of ether oxygens (including phenoxy) is 13. The molecule has 0 bridgehead atoms. The van der Waals surface area contributed by atoms with E-state index in [9.17, 15) is 96.7 Å². The van der Waals surface area contributed by atoms with Crippen molar-refractivity contribution in [3.05, 3.63) is 11.1 Å². The van der Waals surface area contributed by atoms with E-state index in [-0.39, 0.29) is 36.2 Å². The molecule has 33 heteroatoms. The second-order valence-corrected chi connectivity index (χ2v) is 30.4. The molecule has 0 unspecified atom stereocenters. The fourth-order valence-electron chi connectivity index (χ4n) is 18.4. The topological polar surface area (TPSA) is 518 Å². The van der Waals surface area contributed by atoms with Gasteiger partial charge in [0, 0.05) is 34.2 Å². The first-order chi connectivity index (χ1) is 46.1. The van der Waals surface area contributed by atoms with Crippen LogP contribution in [0.4, 0.5) is 0 Å². The summed E-state index contributed by atoms with van der Waals surface area (Å²) in [5, 5.41) is 199. The SMILES string of the molecule is CC(C)C(=O)[C@@H]1C[C@@H](C)[C@]2(CC[C@@]3(C)C4=C(CC[C@@]32C)[C@@]2(C)CC[C@H](O[C@@H]3O[C@H](CO[C@@H]5OC[C@H](O)[C@H](O)[C@H]5O[C@@H]5O[C@H](CO)[C@@H](O)[C@H](O[C@@H]6O[C@H](CO)[C@@H](O)[C@H](O[C@@H]7O[C@H](CO)[C@H](O)[C@H](O)[C@H]7O)[C@H]6O)[C@H]5O[C@@H]5O[C@@H](C)[C@H](O)[C@@H](O)[C@H]5O)[C@@H](O)[C@H](O)[C@H]3O)[C@](C)(CO)[C@@H]2CC4=O)O1. The molecular weight excluding hydrogens is 1310 g/mol. The maximum Gasteiger partial charge on any atom is 0.187 e. The van der Waals surface area contributed by atoms with Crippen LogP contribution in [0.25, 0.3) is 0 Å². The van der Waals surface area contributed by atoms with Crippen molar-refractivity contribution in [3.63, 3.8) is 0 Å². The molecule has 562 valence electrons. The lowest BCUT2D eigenvalue weighted by Gasteiger charge is -2.63. The molecule has 0 radical (unpaired) electrons. The Bertz CT molecular complexity index is 2800. The standard InChI is InChI=1S/C65H104O33/c1-23(2)37(72)29-15-24(3)65(98-29)14-13-63(7)36-26(9-12-64(63,65)8)61(5)11-10-35(62(6,22-69)34(61)16-27(36)70)93-56-48(83)46(81)41(76)33(92-56)21-87-59-53(39(74)28(71)20-86-59)96-60-54(97-55-47(82)44(79)38(73)25(4)88-55)52(43(78)32(19-68)91-60)95-58-50(85)51(42(77)31(18-67)90-58)94-57-49(84)45(80)40(75)30(17-66)89-57/h23-25,28-35,38-60,66-69,71,73-85H,9-22H2,1-8H3/t24-,25+,28+,29+,30-,31-,32-,33-,34-,35+,38+,39+,40+,41-,42-,43-,44-,45+,46+,47-,48-,49-,50-,51+,52+,53-,54-,55+,56+,57+,58+,59+,60+,61-,62-,63+,64+,65+/m1/s1. The minimum Gasteiger partial charge on any atom is -0.396 e. The summed E-state index contributed by atoms with van der Waals surface area (Å²) in [7, 11) is 0. The number of hydrogen-bond acceptors (Lipinski definition) is 33. The molecule has 2 saturated carbocycles. The summed E-state index contributed by atoms with van der Waals surface area (Å²) in [4.78, 5) is 28.5. The molecule has 0 aromatic carbocycles. The van der Waals surface area contributed by atoms with Crippen LogP contribution in [0.2, 0.25) is 0 Å². The maximum atomic E-state index is 15.1. The fourth-order valence-corrected chi connectivity index (χ4v) is 18.4. The van der Waals surface area contributed by atoms with Crippen LogP contribution in [0.15, 0.2) is 11.1 Å². The maximum absolute atomic E-state index is 15.1. The van der Waals surface area contributed by atoms with E-state index < -0.39 is 263 Å². The van der Waals surface area contributed by atoms with E-state index in [1.165, 1.54) is 6.92 Å². The molecule has 38 atom stereocenters. The van der Waals surface area contributed by atoms with Crippen LogP contribution in [-0.2, 0) is 71.2 Å². The third-order valence-corrected chi connectivity index (χ3v) is 24.7. The van der Waals surface area contributed by atoms with Gasteiger partial charge in [-0.05, 0) is 69.1 Å². The number of rotatable bonds is 19. The van der Waals surface area contributed by atoms with E-state index in [1.54, 1.807) is 0 Å². The van der Waals surface area contributed by atoms with E-state index in [0.717, 1.165) is 11.1 Å². The summed E-state index contributed by atoms with van der Waals surface area (Å²) in [6.45, 7) is 10.7. The minimum absolute atomic E-state index is 0.0428. The largest absolute Gasteiger partial charge is 0.396 e. The van der Waals surface area contributed by atoms with Gasteiger partial charge in [-0.3, -0.25) is 9.59 Å². The Labute approximate surface area is 565 Å². The van der Waals surface area contributed by atoms with Gasteiger partial charge in [-0.25, -0.2) is 0 Å². The lowest BCUT2D eigenvalue weighted by molar-refractivity contribution is -0.410. The van der Waals surface area contributed by atoms with E-state index in [1.807, 2.05) is 20.8 Å². The summed E-state index contributed by atoms with van der Waals surface area (Å²) < 4.78 is 79.1. The zero-order valence-corrected chi connectivity index (χ0v) is 56.2. The van der Waals surface area contributed by atoms with E-state index in [0.29, 0.717) is 38.5 Å². The highest BCUT2D eigenvalue weighted by Gasteiger charge is 2.74. The number of carbonyl (C=O) groups is 2. The lowest BCUT2D eigenvalue weighted by Crippen LogP contribution is -2.69. The molecule has 7 aliphatic heterocycles. The first-order valence-electron chi connectivity index (χ1n) is 34.3. The highest BCUT2D eigenvalue weighted by Crippen LogP contribution is 2.75. The molecular formula is C65H104O33. The summed E-state index contributed by atoms with van der Waals surface area (Å²) in [6, 6.07) is 0. The van der Waals surface area contributed by atoms with Crippen LogP contribution in [0, 0.1) is 39.4 Å². The Morgan fingerprint density at radius 2 is 1.06 bits per heavy atom. The van der Waals surface area contributed by atoms with Crippen molar-refractivity contribution in [1.29, 1.82) is 0 Å². The van der Waals surface area contributed by atoms with Crippen LogP contribution in [0.1, 0.15) is 107 Å². The average molecular weight is 1410 g/mol. The molecule has 98 heavy (non-hydrogen) atoms. The van der Waals surface area contributed by atoms with Crippen molar-refractivity contribution >= 4 is 11.6 Å². The number of carbonyl (C=O) groups excluding carboxylic acids is 2. The molecule has 4 aliphatic carbocycles. The van der Waals surface area contributed by atoms with E-state index in [2.05, 4.69) is 27.7 Å². The fraction of sp³-hybridized carbons (Fsp3) is 0.938. The van der Waals surface area contributed by atoms with Gasteiger partial charge in [0.25, 0.3) is 0 Å². The normalized spacial score (nSPS) is 53.8. The predicted octanol–water partition coefficient (Wildman–Crippen LogP) is -6.37. The third kappa shape index (κ3) is 12.9. The van der Waals surface area contributed by atoms with E-state index in [4.69, 9.17) is 61.6 Å². The van der Waals surface area contributed by atoms with Gasteiger partial charge in [-0.2, -0.15) is 0 Å². The molecule has 9 fully saturated rings. The van der Waals surface area contributed by atoms with Gasteiger partial charge in [0.2, 0.25) is 0 Å². The smallest absolute Gasteiger partial charge is 0.187 e. The van der Waals surface area contributed by atoms with Crippen LogP contribution < -0.4 is 0 Å². The number of ketones is 2. The highest BCUT2D eigenvalue weighted by molar-refractivity contribution is 5.99. The van der Waals surface area contributed by atoms with Gasteiger partial charge >= 0.3 is 0 Å². The molecule has 0 aromatic heterocycles. The van der Waals surface area contributed by atoms with Crippen LogP contribution in [-0.4, -0.2) is 339 Å². The van der Waals surface area contributed by atoms with Crippen molar-refractivity contribution in [2.75, 3.05) is 39.6 Å². The van der Waals surface area contributed by atoms with Crippen LogP contribution in [0.5, 0.6) is 0 Å². The Hall–Kier alpha value is -2.16. The number of hydrogen-bond donors (Lipinski definition) is 18. The van der Waals surface area contributed by atoms with Gasteiger partial charge in [0.1, 0.15) is 140 Å². The van der Waals surface area contributed by atoms with Gasteiger partial charge in [-0.15, -0.1) is 0 Å². The summed E-state index contributed by atoms with van der Waals surface area (Å²) >= 11 is 0. The van der Waals surface area contributed by atoms with Gasteiger partial charge < -0.3 is 153 Å².